The summed E-state index contributed by atoms with van der Waals surface area (Å²) >= 11 is 1.21. The zero-order valence-electron chi connectivity index (χ0n) is 16.1. The lowest BCUT2D eigenvalue weighted by molar-refractivity contribution is -0.151. The number of esters is 2. The molecule has 0 unspecified atom stereocenters. The maximum Gasteiger partial charge on any atom is 0.341 e. The van der Waals surface area contributed by atoms with E-state index in [4.69, 9.17) is 14.2 Å². The molecule has 1 N–H and O–H groups in total. The molecule has 0 fully saturated rings. The number of carbonyl (C=O) groups is 3. The van der Waals surface area contributed by atoms with Crippen molar-refractivity contribution in [3.8, 4) is 11.1 Å². The zero-order valence-corrected chi connectivity index (χ0v) is 16.9. The van der Waals surface area contributed by atoms with E-state index in [9.17, 15) is 14.4 Å². The Labute approximate surface area is 167 Å². The number of hydrogen-bond donors (Lipinski definition) is 1. The Hall–Kier alpha value is -2.71. The van der Waals surface area contributed by atoms with Crippen LogP contribution >= 0.6 is 11.3 Å². The van der Waals surface area contributed by atoms with Crippen LogP contribution in [0.2, 0.25) is 0 Å². The minimum absolute atomic E-state index is 0.213. The van der Waals surface area contributed by atoms with Crippen LogP contribution in [0, 0.1) is 6.92 Å². The number of thiophene rings is 1. The number of anilines is 1. The van der Waals surface area contributed by atoms with Crippen molar-refractivity contribution in [2.24, 2.45) is 0 Å². The van der Waals surface area contributed by atoms with Crippen molar-refractivity contribution >= 4 is 34.2 Å². The molecule has 0 aliphatic carbocycles. The van der Waals surface area contributed by atoms with Crippen LogP contribution in [0.4, 0.5) is 5.00 Å². The molecule has 0 radical (unpaired) electrons. The summed E-state index contributed by atoms with van der Waals surface area (Å²) in [6, 6.07) is 7.69. The van der Waals surface area contributed by atoms with E-state index in [1.54, 1.807) is 19.2 Å². The highest BCUT2D eigenvalue weighted by molar-refractivity contribution is 7.15. The molecular formula is C20H23NO6S. The van der Waals surface area contributed by atoms with E-state index in [0.29, 0.717) is 17.2 Å². The molecule has 0 aliphatic rings. The lowest BCUT2D eigenvalue weighted by Crippen LogP contribution is -2.23. The van der Waals surface area contributed by atoms with Gasteiger partial charge in [0.05, 0.1) is 6.61 Å². The first-order valence-electron chi connectivity index (χ1n) is 8.85. The predicted molar refractivity (Wildman–Crippen MR) is 107 cm³/mol. The summed E-state index contributed by atoms with van der Waals surface area (Å²) in [5.74, 6) is -1.70. The Balaban J connectivity index is 2.17. The van der Waals surface area contributed by atoms with Crippen molar-refractivity contribution < 1.29 is 28.6 Å². The van der Waals surface area contributed by atoms with Crippen molar-refractivity contribution in [1.82, 2.24) is 0 Å². The maximum absolute atomic E-state index is 12.5. The fraction of sp³-hybridized carbons (Fsp3) is 0.350. The number of amides is 1. The van der Waals surface area contributed by atoms with Gasteiger partial charge in [0, 0.05) is 17.6 Å². The van der Waals surface area contributed by atoms with Crippen LogP contribution in [0.1, 0.15) is 29.8 Å². The molecule has 0 atom stereocenters. The fourth-order valence-electron chi connectivity index (χ4n) is 2.34. The van der Waals surface area contributed by atoms with Gasteiger partial charge in [-0.05, 0) is 26.3 Å². The molecule has 0 aliphatic heterocycles. The maximum atomic E-state index is 12.5. The van der Waals surface area contributed by atoms with Crippen LogP contribution < -0.4 is 5.32 Å². The third-order valence-corrected chi connectivity index (χ3v) is 4.57. The van der Waals surface area contributed by atoms with Crippen molar-refractivity contribution in [3.63, 3.8) is 0 Å². The first kappa shape index (κ1) is 21.6. The molecule has 2 rings (SSSR count). The monoisotopic (exact) mass is 405 g/mol. The van der Waals surface area contributed by atoms with Gasteiger partial charge >= 0.3 is 11.9 Å². The second kappa shape index (κ2) is 10.6. The summed E-state index contributed by atoms with van der Waals surface area (Å²) < 4.78 is 14.9. The van der Waals surface area contributed by atoms with Gasteiger partial charge in [0.15, 0.2) is 6.61 Å². The van der Waals surface area contributed by atoms with Gasteiger partial charge < -0.3 is 19.5 Å². The topological polar surface area (TPSA) is 90.9 Å². The Morgan fingerprint density at radius 1 is 1.00 bits per heavy atom. The third kappa shape index (κ3) is 5.90. The van der Waals surface area contributed by atoms with Crippen molar-refractivity contribution in [1.29, 1.82) is 0 Å². The largest absolute Gasteiger partial charge is 0.462 e. The van der Waals surface area contributed by atoms with Gasteiger partial charge in [0.25, 0.3) is 5.91 Å². The summed E-state index contributed by atoms with van der Waals surface area (Å²) in [6.07, 6.45) is 0. The number of ether oxygens (including phenoxy) is 3. The average molecular weight is 405 g/mol. The second-order valence-corrected chi connectivity index (χ2v) is 6.67. The minimum Gasteiger partial charge on any atom is -0.462 e. The van der Waals surface area contributed by atoms with Crippen molar-refractivity contribution in [3.05, 3.63) is 40.8 Å². The summed E-state index contributed by atoms with van der Waals surface area (Å²) in [4.78, 5) is 36.1. The van der Waals surface area contributed by atoms with E-state index >= 15 is 0 Å². The van der Waals surface area contributed by atoms with Gasteiger partial charge in [-0.3, -0.25) is 4.79 Å². The summed E-state index contributed by atoms with van der Waals surface area (Å²) in [5.41, 5.74) is 2.89. The normalized spacial score (nSPS) is 10.4. The molecular weight excluding hydrogens is 382 g/mol. The van der Waals surface area contributed by atoms with Gasteiger partial charge in [0.1, 0.15) is 17.2 Å². The summed E-state index contributed by atoms with van der Waals surface area (Å²) in [5, 5.41) is 4.76. The lowest BCUT2D eigenvalue weighted by Gasteiger charge is -2.09. The molecule has 1 aromatic carbocycles. The molecule has 1 heterocycles. The van der Waals surface area contributed by atoms with Crippen LogP contribution in [0.3, 0.4) is 0 Å². The van der Waals surface area contributed by atoms with E-state index in [1.807, 2.05) is 31.2 Å². The summed E-state index contributed by atoms with van der Waals surface area (Å²) in [6.45, 7) is 5.35. The van der Waals surface area contributed by atoms with Crippen LogP contribution in [-0.4, -0.2) is 44.3 Å². The van der Waals surface area contributed by atoms with Crippen LogP contribution in [0.5, 0.6) is 0 Å². The molecule has 28 heavy (non-hydrogen) atoms. The first-order chi connectivity index (χ1) is 13.5. The standard InChI is InChI=1S/C20H23NO6S/c1-4-25-11-17(23)27-10-16(22)21-19-18(20(24)26-5-2)15(12-28-19)14-8-6-13(3)7-9-14/h6-9,12H,4-5,10-11H2,1-3H3,(H,21,22). The highest BCUT2D eigenvalue weighted by Gasteiger charge is 2.23. The van der Waals surface area contributed by atoms with Crippen LogP contribution in [0.25, 0.3) is 11.1 Å². The summed E-state index contributed by atoms with van der Waals surface area (Å²) in [7, 11) is 0. The smallest absolute Gasteiger partial charge is 0.341 e. The average Bonchev–Trinajstić information content (AvgIpc) is 3.09. The Morgan fingerprint density at radius 2 is 1.71 bits per heavy atom. The first-order valence-corrected chi connectivity index (χ1v) is 9.73. The zero-order chi connectivity index (χ0) is 20.5. The van der Waals surface area contributed by atoms with E-state index in [-0.39, 0.29) is 18.8 Å². The second-order valence-electron chi connectivity index (χ2n) is 5.79. The molecule has 1 aromatic heterocycles. The van der Waals surface area contributed by atoms with Crippen molar-refractivity contribution in [2.75, 3.05) is 31.7 Å². The number of carbonyl (C=O) groups excluding carboxylic acids is 3. The molecule has 2 aromatic rings. The predicted octanol–water partition coefficient (Wildman–Crippen LogP) is 3.42. The van der Waals surface area contributed by atoms with Gasteiger partial charge in [-0.2, -0.15) is 0 Å². The molecule has 1 amide bonds. The Bertz CT molecular complexity index is 828. The van der Waals surface area contributed by atoms with Crippen LogP contribution in [0.15, 0.2) is 29.6 Å². The van der Waals surface area contributed by atoms with Crippen molar-refractivity contribution in [2.45, 2.75) is 20.8 Å². The van der Waals surface area contributed by atoms with Gasteiger partial charge in [-0.15, -0.1) is 11.3 Å². The Kier molecular flexibility index (Phi) is 8.16. The van der Waals surface area contributed by atoms with E-state index < -0.39 is 24.5 Å². The Morgan fingerprint density at radius 3 is 2.36 bits per heavy atom. The quantitative estimate of drug-likeness (QED) is 0.643. The SMILES string of the molecule is CCOCC(=O)OCC(=O)Nc1scc(-c2ccc(C)cc2)c1C(=O)OCC. The minimum atomic E-state index is -0.630. The lowest BCUT2D eigenvalue weighted by atomic mass is 10.0. The highest BCUT2D eigenvalue weighted by Crippen LogP contribution is 2.36. The van der Waals surface area contributed by atoms with Crippen LogP contribution in [-0.2, 0) is 23.8 Å². The molecule has 7 nitrogen and oxygen atoms in total. The van der Waals surface area contributed by atoms with E-state index in [0.717, 1.165) is 11.1 Å². The van der Waals surface area contributed by atoms with Gasteiger partial charge in [-0.25, -0.2) is 9.59 Å². The number of hydrogen-bond acceptors (Lipinski definition) is 7. The molecule has 0 saturated heterocycles. The number of rotatable bonds is 9. The molecule has 0 bridgehead atoms. The number of benzene rings is 1. The van der Waals surface area contributed by atoms with E-state index in [2.05, 4.69) is 5.32 Å². The number of aryl methyl sites for hydroxylation is 1. The van der Waals surface area contributed by atoms with Gasteiger partial charge in [-0.1, -0.05) is 29.8 Å². The molecule has 0 spiro atoms. The van der Waals surface area contributed by atoms with E-state index in [1.165, 1.54) is 11.3 Å². The molecule has 0 saturated carbocycles. The molecule has 150 valence electrons. The number of nitrogens with one attached hydrogen (secondary N) is 1. The molecule has 8 heteroatoms. The highest BCUT2D eigenvalue weighted by atomic mass is 32.1. The van der Waals surface area contributed by atoms with Gasteiger partial charge in [0.2, 0.25) is 0 Å². The fourth-order valence-corrected chi connectivity index (χ4v) is 3.31. The third-order valence-electron chi connectivity index (χ3n) is 3.67.